The molecule has 0 unspecified atom stereocenters. The minimum atomic E-state index is -4.22. The van der Waals surface area contributed by atoms with Gasteiger partial charge in [0.15, 0.2) is 0 Å². The van der Waals surface area contributed by atoms with Crippen molar-refractivity contribution < 1.29 is 70.2 Å². The zero-order chi connectivity index (χ0) is 11.8. The normalized spacial score (nSPS) is 10.1. The zero-order valence-corrected chi connectivity index (χ0v) is 14.4. The van der Waals surface area contributed by atoms with Crippen molar-refractivity contribution in [1.82, 2.24) is 0 Å². The van der Waals surface area contributed by atoms with Crippen LogP contribution >= 0.6 is 33.9 Å². The van der Waals surface area contributed by atoms with Gasteiger partial charge in [-0.25, -0.2) is 8.42 Å². The number of nitro benzene ring substituents is 1. The first-order chi connectivity index (χ1) is 6.75. The van der Waals surface area contributed by atoms with Crippen molar-refractivity contribution in [2.75, 3.05) is 0 Å². The molecule has 90 valence electrons. The second-order valence-electron chi connectivity index (χ2n) is 2.40. The molecule has 17 heavy (non-hydrogen) atoms. The van der Waals surface area contributed by atoms with E-state index in [4.69, 9.17) is 33.9 Å². The zero-order valence-electron chi connectivity index (χ0n) is 8.22. The third-order valence-electron chi connectivity index (χ3n) is 1.47. The van der Waals surface area contributed by atoms with Crippen LogP contribution in [0, 0.1) is 10.1 Å². The minimum absolute atomic E-state index is 0. The first-order valence-electron chi connectivity index (χ1n) is 3.32. The van der Waals surface area contributed by atoms with Gasteiger partial charge in [0.1, 0.15) is 9.92 Å². The molecule has 1 aromatic carbocycles. The largest absolute Gasteiger partial charge is 1.00 e. The van der Waals surface area contributed by atoms with Gasteiger partial charge in [-0.05, 0) is 6.07 Å². The second-order valence-corrected chi connectivity index (χ2v) is 5.69. The van der Waals surface area contributed by atoms with E-state index in [1.807, 2.05) is 0 Å². The van der Waals surface area contributed by atoms with E-state index in [0.717, 1.165) is 12.1 Å². The van der Waals surface area contributed by atoms with Gasteiger partial charge >= 0.3 is 51.4 Å². The minimum Gasteiger partial charge on any atom is -0.870 e. The summed E-state index contributed by atoms with van der Waals surface area (Å²) in [6.45, 7) is 0. The maximum atomic E-state index is 11.0. The van der Waals surface area contributed by atoms with Crippen molar-refractivity contribution in [2.24, 2.45) is 0 Å². The summed E-state index contributed by atoms with van der Waals surface area (Å²) in [5.41, 5.74) is -0.569. The number of hydrogen-bond donors (Lipinski definition) is 0. The summed E-state index contributed by atoms with van der Waals surface area (Å²) in [5, 5.41) is 9.59. The predicted molar refractivity (Wildman–Crippen MR) is 58.1 cm³/mol. The third kappa shape index (κ3) is 4.90. The fraction of sp³-hybridized carbons (Fsp3) is 0. The second kappa shape index (κ2) is 7.58. The molecule has 6 nitrogen and oxygen atoms in total. The SMILES string of the molecule is O=[N+]([O-])c1ccc(Cl)c(S(=O)(=O)Cl)c1Cl.[K+].[OH-]. The molecule has 0 spiro atoms. The molecule has 1 rings (SSSR count). The van der Waals surface area contributed by atoms with Crippen molar-refractivity contribution >= 4 is 48.6 Å². The molecule has 11 heteroatoms. The first kappa shape index (κ1) is 20.4. The molecular weight excluding hydrogens is 344 g/mol. The monoisotopic (exact) mass is 345 g/mol. The van der Waals surface area contributed by atoms with Gasteiger partial charge in [-0.3, -0.25) is 10.1 Å². The summed E-state index contributed by atoms with van der Waals surface area (Å²) in [6, 6.07) is 2.04. The van der Waals surface area contributed by atoms with Gasteiger partial charge in [0.25, 0.3) is 14.7 Å². The molecule has 0 aliphatic heterocycles. The molecule has 1 N–H and O–H groups in total. The first-order valence-corrected chi connectivity index (χ1v) is 6.38. The third-order valence-corrected chi connectivity index (χ3v) is 3.77. The molecule has 1 aromatic rings. The topological polar surface area (TPSA) is 107 Å². The maximum Gasteiger partial charge on any atom is 1.00 e. The van der Waals surface area contributed by atoms with Crippen LogP contribution in [0.2, 0.25) is 10.0 Å². The van der Waals surface area contributed by atoms with E-state index in [1.165, 1.54) is 0 Å². The maximum absolute atomic E-state index is 11.0. The van der Waals surface area contributed by atoms with Gasteiger partial charge in [-0.15, -0.1) is 0 Å². The molecule has 0 atom stereocenters. The Labute approximate surface area is 154 Å². The van der Waals surface area contributed by atoms with Gasteiger partial charge in [-0.2, -0.15) is 0 Å². The Morgan fingerprint density at radius 1 is 1.24 bits per heavy atom. The quantitative estimate of drug-likeness (QED) is 0.315. The summed E-state index contributed by atoms with van der Waals surface area (Å²) in [7, 11) is 0.810. The van der Waals surface area contributed by atoms with Crippen LogP contribution in [0.5, 0.6) is 0 Å². The fourth-order valence-corrected chi connectivity index (χ4v) is 3.27. The van der Waals surface area contributed by atoms with Gasteiger partial charge in [0.05, 0.1) is 9.95 Å². The molecule has 0 amide bonds. The van der Waals surface area contributed by atoms with E-state index in [9.17, 15) is 18.5 Å². The molecule has 0 aliphatic carbocycles. The molecule has 0 aromatic heterocycles. The number of benzene rings is 1. The Bertz CT molecular complexity index is 535. The number of nitrogens with zero attached hydrogens (tertiary/aromatic N) is 1. The van der Waals surface area contributed by atoms with Crippen LogP contribution in [0.15, 0.2) is 17.0 Å². The summed E-state index contributed by atoms with van der Waals surface area (Å²) < 4.78 is 22.0. The van der Waals surface area contributed by atoms with Crippen LogP contribution in [0.4, 0.5) is 5.69 Å². The molecule has 0 fully saturated rings. The Kier molecular flexibility index (Phi) is 9.08. The van der Waals surface area contributed by atoms with Crippen LogP contribution in [0.3, 0.4) is 0 Å². The Balaban J connectivity index is 0. The molecule has 0 radical (unpaired) electrons. The van der Waals surface area contributed by atoms with Crippen LogP contribution < -0.4 is 51.4 Å². The van der Waals surface area contributed by atoms with Crippen LogP contribution in [-0.2, 0) is 9.05 Å². The molecule has 0 saturated heterocycles. The van der Waals surface area contributed by atoms with E-state index in [0.29, 0.717) is 0 Å². The van der Waals surface area contributed by atoms with E-state index in [2.05, 4.69) is 0 Å². The average molecular weight is 347 g/mol. The van der Waals surface area contributed by atoms with E-state index in [1.54, 1.807) is 0 Å². The van der Waals surface area contributed by atoms with Gasteiger partial charge in [0.2, 0.25) is 0 Å². The summed E-state index contributed by atoms with van der Waals surface area (Å²) >= 11 is 11.0. The number of nitro groups is 1. The Hall–Kier alpha value is 1.04. The number of halogens is 3. The Morgan fingerprint density at radius 2 is 1.71 bits per heavy atom. The summed E-state index contributed by atoms with van der Waals surface area (Å²) in [5.74, 6) is 0. The van der Waals surface area contributed by atoms with Gasteiger partial charge in [-0.1, -0.05) is 23.2 Å². The number of rotatable bonds is 2. The number of hydrogen-bond acceptors (Lipinski definition) is 5. The van der Waals surface area contributed by atoms with Gasteiger partial charge < -0.3 is 5.48 Å². The van der Waals surface area contributed by atoms with Crippen LogP contribution in [-0.4, -0.2) is 18.8 Å². The molecule has 0 aliphatic rings. The van der Waals surface area contributed by atoms with E-state index in [-0.39, 0.29) is 61.9 Å². The molecule has 0 heterocycles. The van der Waals surface area contributed by atoms with E-state index >= 15 is 0 Å². The predicted octanol–water partition coefficient (Wildman–Crippen LogP) is -0.344. The molecular formula is C6H3Cl3KNO5S. The van der Waals surface area contributed by atoms with Crippen molar-refractivity contribution in [3.63, 3.8) is 0 Å². The van der Waals surface area contributed by atoms with Crippen molar-refractivity contribution in [3.8, 4) is 0 Å². The fourth-order valence-electron chi connectivity index (χ4n) is 0.887. The van der Waals surface area contributed by atoms with Gasteiger partial charge in [0, 0.05) is 16.7 Å². The smallest absolute Gasteiger partial charge is 0.870 e. The van der Waals surface area contributed by atoms with Crippen molar-refractivity contribution in [3.05, 3.63) is 32.3 Å². The molecule has 0 saturated carbocycles. The van der Waals surface area contributed by atoms with Crippen molar-refractivity contribution in [2.45, 2.75) is 4.90 Å². The van der Waals surface area contributed by atoms with Crippen LogP contribution in [0.25, 0.3) is 0 Å². The molecule has 0 bridgehead atoms. The van der Waals surface area contributed by atoms with E-state index < -0.39 is 29.6 Å². The summed E-state index contributed by atoms with van der Waals surface area (Å²) in [6.07, 6.45) is 0. The van der Waals surface area contributed by atoms with Crippen LogP contribution in [0.1, 0.15) is 0 Å². The Morgan fingerprint density at radius 3 is 2.06 bits per heavy atom. The average Bonchev–Trinajstić information content (AvgIpc) is 2.00. The van der Waals surface area contributed by atoms with Crippen molar-refractivity contribution in [1.29, 1.82) is 0 Å². The summed E-state index contributed by atoms with van der Waals surface area (Å²) in [4.78, 5) is 8.97. The standard InChI is InChI=1S/C6H2Cl3NO4S.K.H2O/c7-3-1-2-4(10(11)12)5(8)6(3)15(9,13)14;;/h1-2H;;1H2/q;+1;/p-1.